The molecule has 1 aromatic heterocycles. The fourth-order valence-electron chi connectivity index (χ4n) is 1.54. The van der Waals surface area contributed by atoms with Crippen molar-refractivity contribution in [2.24, 2.45) is 0 Å². The van der Waals surface area contributed by atoms with Crippen LogP contribution in [-0.4, -0.2) is 68.9 Å². The first-order valence-electron chi connectivity index (χ1n) is 5.90. The van der Waals surface area contributed by atoms with Crippen LogP contribution in [0.1, 0.15) is 0 Å². The van der Waals surface area contributed by atoms with E-state index in [1.165, 1.54) is 29.2 Å². The van der Waals surface area contributed by atoms with Gasteiger partial charge in [-0.2, -0.15) is 13.2 Å². The highest BCUT2D eigenvalue weighted by Crippen LogP contribution is 2.18. The molecule has 9 nitrogen and oxygen atoms in total. The number of hydrogen-bond donors (Lipinski definition) is 2. The number of nitrogens with zero attached hydrogens (tertiary/aromatic N) is 4. The van der Waals surface area contributed by atoms with Crippen molar-refractivity contribution in [3.63, 3.8) is 0 Å². The van der Waals surface area contributed by atoms with Gasteiger partial charge < -0.3 is 15.1 Å². The summed E-state index contributed by atoms with van der Waals surface area (Å²) in [4.78, 5) is 41.7. The van der Waals surface area contributed by atoms with Gasteiger partial charge in [-0.1, -0.05) is 0 Å². The maximum atomic E-state index is 11.7. The molecule has 2 heterocycles. The number of aliphatic carboxylic acids is 2. The van der Waals surface area contributed by atoms with Crippen LogP contribution in [0.4, 0.5) is 23.9 Å². The van der Waals surface area contributed by atoms with Crippen molar-refractivity contribution >= 4 is 23.9 Å². The number of carbonyl (C=O) groups excluding carboxylic acids is 1. The molecular formula is C11H11F3N4O5. The van der Waals surface area contributed by atoms with Gasteiger partial charge in [0, 0.05) is 19.4 Å². The van der Waals surface area contributed by atoms with Gasteiger partial charge in [-0.25, -0.2) is 24.4 Å². The van der Waals surface area contributed by atoms with Gasteiger partial charge in [-0.3, -0.25) is 4.90 Å². The summed E-state index contributed by atoms with van der Waals surface area (Å²) >= 11 is 0. The number of halogens is 3. The number of anilines is 1. The van der Waals surface area contributed by atoms with Crippen molar-refractivity contribution in [2.75, 3.05) is 18.5 Å². The average molecular weight is 336 g/mol. The quantitative estimate of drug-likeness (QED) is 0.803. The molecular weight excluding hydrogens is 325 g/mol. The number of hydrogen-bond acceptors (Lipinski definition) is 5. The van der Waals surface area contributed by atoms with Crippen LogP contribution < -0.4 is 4.90 Å². The lowest BCUT2D eigenvalue weighted by molar-refractivity contribution is -0.192. The minimum atomic E-state index is -5.08. The first kappa shape index (κ1) is 18.1. The lowest BCUT2D eigenvalue weighted by atomic mass is 10.3. The molecule has 1 aliphatic rings. The van der Waals surface area contributed by atoms with Crippen LogP contribution in [0.5, 0.6) is 0 Å². The first-order valence-corrected chi connectivity index (χ1v) is 5.90. The molecule has 0 radical (unpaired) electrons. The van der Waals surface area contributed by atoms with E-state index in [1.54, 1.807) is 6.07 Å². The molecule has 0 unspecified atom stereocenters. The second-order valence-electron chi connectivity index (χ2n) is 4.21. The van der Waals surface area contributed by atoms with E-state index in [1.807, 2.05) is 0 Å². The summed E-state index contributed by atoms with van der Waals surface area (Å²) in [5.41, 5.74) is 0. The number of urea groups is 1. The summed E-state index contributed by atoms with van der Waals surface area (Å²) < 4.78 is 31.7. The molecule has 2 rings (SSSR count). The molecule has 1 saturated heterocycles. The second-order valence-corrected chi connectivity index (χ2v) is 4.21. The highest BCUT2D eigenvalue weighted by atomic mass is 19.4. The predicted molar refractivity (Wildman–Crippen MR) is 67.7 cm³/mol. The van der Waals surface area contributed by atoms with Gasteiger partial charge in [0.1, 0.15) is 6.04 Å². The van der Waals surface area contributed by atoms with Crippen LogP contribution in [0.15, 0.2) is 18.5 Å². The maximum Gasteiger partial charge on any atom is 0.490 e. The number of alkyl halides is 3. The van der Waals surface area contributed by atoms with E-state index in [2.05, 4.69) is 9.97 Å². The molecule has 0 aromatic carbocycles. The Balaban J connectivity index is 0.000000322. The van der Waals surface area contributed by atoms with Gasteiger partial charge in [-0.15, -0.1) is 0 Å². The Morgan fingerprint density at radius 2 is 1.74 bits per heavy atom. The van der Waals surface area contributed by atoms with Crippen molar-refractivity contribution < 1.29 is 37.8 Å². The van der Waals surface area contributed by atoms with Gasteiger partial charge >= 0.3 is 24.1 Å². The van der Waals surface area contributed by atoms with Gasteiger partial charge in [0.05, 0.1) is 6.54 Å². The highest BCUT2D eigenvalue weighted by Gasteiger charge is 2.41. The molecule has 0 bridgehead atoms. The van der Waals surface area contributed by atoms with Crippen LogP contribution in [0.2, 0.25) is 0 Å². The predicted octanol–water partition coefficient (Wildman–Crippen LogP) is 0.435. The molecule has 2 N–H and O–H groups in total. The number of aromatic nitrogens is 2. The normalized spacial score (nSPS) is 17.6. The molecule has 0 saturated carbocycles. The zero-order valence-electron chi connectivity index (χ0n) is 11.6. The Kier molecular flexibility index (Phi) is 5.43. The van der Waals surface area contributed by atoms with Gasteiger partial charge in [0.15, 0.2) is 0 Å². The van der Waals surface area contributed by atoms with E-state index in [9.17, 15) is 22.8 Å². The summed E-state index contributed by atoms with van der Waals surface area (Å²) in [7, 11) is 1.45. The summed E-state index contributed by atoms with van der Waals surface area (Å²) in [6, 6.07) is 0.373. The Bertz CT molecular complexity index is 595. The summed E-state index contributed by atoms with van der Waals surface area (Å²) in [6.07, 6.45) is -2.08. The van der Waals surface area contributed by atoms with Crippen LogP contribution in [0.3, 0.4) is 0 Å². The van der Waals surface area contributed by atoms with E-state index in [-0.39, 0.29) is 12.5 Å². The number of carbonyl (C=O) groups is 3. The molecule has 23 heavy (non-hydrogen) atoms. The zero-order valence-corrected chi connectivity index (χ0v) is 11.6. The van der Waals surface area contributed by atoms with Crippen LogP contribution in [0.25, 0.3) is 0 Å². The topological polar surface area (TPSA) is 124 Å². The standard InChI is InChI=1S/C9H10N4O3.C2HF3O2/c1-12-6(7(14)15)5-13(9(12)16)8-10-3-2-4-11-8;3-2(4,5)1(6)7/h2-4,6H,5H2,1H3,(H,14,15);(H,6,7)/t6-;/m0./s1. The third-order valence-electron chi connectivity index (χ3n) is 2.68. The molecule has 1 atom stereocenters. The Morgan fingerprint density at radius 3 is 2.09 bits per heavy atom. The Labute approximate surface area is 127 Å². The summed E-state index contributed by atoms with van der Waals surface area (Å²) in [6.45, 7) is 0.0642. The number of amides is 2. The van der Waals surface area contributed by atoms with E-state index < -0.39 is 30.2 Å². The number of rotatable bonds is 2. The van der Waals surface area contributed by atoms with Crippen molar-refractivity contribution in [3.05, 3.63) is 18.5 Å². The van der Waals surface area contributed by atoms with Crippen LogP contribution >= 0.6 is 0 Å². The third-order valence-corrected chi connectivity index (χ3v) is 2.68. The minimum absolute atomic E-state index is 0.0642. The largest absolute Gasteiger partial charge is 0.490 e. The van der Waals surface area contributed by atoms with E-state index in [4.69, 9.17) is 15.0 Å². The van der Waals surface area contributed by atoms with Crippen molar-refractivity contribution in [1.82, 2.24) is 14.9 Å². The van der Waals surface area contributed by atoms with E-state index in [0.717, 1.165) is 0 Å². The van der Waals surface area contributed by atoms with E-state index >= 15 is 0 Å². The molecule has 0 spiro atoms. The van der Waals surface area contributed by atoms with Crippen LogP contribution in [0, 0.1) is 0 Å². The Hall–Kier alpha value is -2.92. The molecule has 12 heteroatoms. The van der Waals surface area contributed by atoms with Crippen molar-refractivity contribution in [1.29, 1.82) is 0 Å². The average Bonchev–Trinajstić information content (AvgIpc) is 2.76. The SMILES string of the molecule is CN1C(=O)N(c2ncccn2)C[C@H]1C(=O)O.O=C(O)C(F)(F)F. The van der Waals surface area contributed by atoms with Crippen molar-refractivity contribution in [3.8, 4) is 0 Å². The first-order chi connectivity index (χ1) is 10.6. The lowest BCUT2D eigenvalue weighted by Gasteiger charge is -2.13. The second kappa shape index (κ2) is 6.89. The number of likely N-dealkylation sites (N-methyl/N-ethyl adjacent to an activating group) is 1. The molecule has 126 valence electrons. The number of carboxylic acids is 2. The fraction of sp³-hybridized carbons (Fsp3) is 0.364. The smallest absolute Gasteiger partial charge is 0.480 e. The molecule has 0 aliphatic carbocycles. The van der Waals surface area contributed by atoms with Crippen molar-refractivity contribution in [2.45, 2.75) is 12.2 Å². The summed E-state index contributed by atoms with van der Waals surface area (Å²) in [5.74, 6) is -3.56. The van der Waals surface area contributed by atoms with E-state index in [0.29, 0.717) is 0 Å². The Morgan fingerprint density at radius 1 is 1.26 bits per heavy atom. The summed E-state index contributed by atoms with van der Waals surface area (Å²) in [5, 5.41) is 16.0. The van der Waals surface area contributed by atoms with Crippen LogP contribution in [-0.2, 0) is 9.59 Å². The molecule has 1 fully saturated rings. The highest BCUT2D eigenvalue weighted by molar-refractivity contribution is 5.97. The molecule has 1 aliphatic heterocycles. The number of carboxylic acid groups (broad SMARTS) is 2. The molecule has 1 aromatic rings. The zero-order chi connectivity index (χ0) is 17.8. The van der Waals surface area contributed by atoms with Gasteiger partial charge in [-0.05, 0) is 6.07 Å². The lowest BCUT2D eigenvalue weighted by Crippen LogP contribution is -2.36. The molecule has 2 amide bonds. The maximum absolute atomic E-state index is 11.7. The monoisotopic (exact) mass is 336 g/mol. The van der Waals surface area contributed by atoms with Gasteiger partial charge in [0.25, 0.3) is 0 Å². The third kappa shape index (κ3) is 4.52. The minimum Gasteiger partial charge on any atom is -0.480 e. The fourth-order valence-corrected chi connectivity index (χ4v) is 1.54. The van der Waals surface area contributed by atoms with Gasteiger partial charge in [0.2, 0.25) is 5.95 Å².